The van der Waals surface area contributed by atoms with Gasteiger partial charge in [-0.2, -0.15) is 0 Å². The number of hydrogen-bond acceptors (Lipinski definition) is 4. The van der Waals surface area contributed by atoms with Crippen LogP contribution < -0.4 is 15.8 Å². The van der Waals surface area contributed by atoms with E-state index in [4.69, 9.17) is 10.5 Å². The summed E-state index contributed by atoms with van der Waals surface area (Å²) in [4.78, 5) is 21.5. The van der Waals surface area contributed by atoms with Crippen molar-refractivity contribution in [3.63, 3.8) is 0 Å². The molecule has 6 heteroatoms. The number of ether oxygens (including phenoxy) is 1. The molecule has 0 aliphatic carbocycles. The number of carbonyl (C=O) groups excluding carboxylic acids is 2. The minimum absolute atomic E-state index is 0.293. The number of rotatable bonds is 5. The third kappa shape index (κ3) is 4.42. The number of imide groups is 1. The zero-order valence-electron chi connectivity index (χ0n) is 10.1. The minimum Gasteiger partial charge on any atom is -0.484 e. The van der Waals surface area contributed by atoms with Crippen LogP contribution in [0.5, 0.6) is 5.75 Å². The highest BCUT2D eigenvalue weighted by Crippen LogP contribution is 2.19. The first kappa shape index (κ1) is 14.0. The van der Waals surface area contributed by atoms with Gasteiger partial charge in [0.1, 0.15) is 5.75 Å². The second kappa shape index (κ2) is 6.61. The molecule has 1 aromatic carbocycles. The van der Waals surface area contributed by atoms with Crippen LogP contribution in [0, 0.1) is 0 Å². The van der Waals surface area contributed by atoms with Crippen molar-refractivity contribution in [2.75, 3.05) is 6.61 Å². The fourth-order valence-electron chi connectivity index (χ4n) is 1.34. The Balaban J connectivity index is 2.49. The van der Waals surface area contributed by atoms with Crippen LogP contribution in [0.25, 0.3) is 0 Å². The van der Waals surface area contributed by atoms with Gasteiger partial charge in [0.05, 0.1) is 6.10 Å². The summed E-state index contributed by atoms with van der Waals surface area (Å²) in [6, 6.07) is 5.81. The molecule has 98 valence electrons. The van der Waals surface area contributed by atoms with Crippen molar-refractivity contribution >= 4 is 11.9 Å². The van der Waals surface area contributed by atoms with Gasteiger partial charge >= 0.3 is 6.03 Å². The van der Waals surface area contributed by atoms with Gasteiger partial charge < -0.3 is 15.6 Å². The number of aliphatic hydroxyl groups excluding tert-OH is 1. The number of aliphatic hydroxyl groups is 1. The Bertz CT molecular complexity index is 417. The van der Waals surface area contributed by atoms with E-state index in [0.717, 1.165) is 5.56 Å². The third-order valence-corrected chi connectivity index (χ3v) is 2.28. The topological polar surface area (TPSA) is 102 Å². The Hall–Kier alpha value is -2.08. The number of hydrogen-bond donors (Lipinski definition) is 3. The molecule has 6 nitrogen and oxygen atoms in total. The monoisotopic (exact) mass is 252 g/mol. The summed E-state index contributed by atoms with van der Waals surface area (Å²) in [5.41, 5.74) is 5.56. The smallest absolute Gasteiger partial charge is 0.318 e. The fraction of sp³-hybridized carbons (Fsp3) is 0.333. The second-order valence-electron chi connectivity index (χ2n) is 3.69. The Morgan fingerprint density at radius 3 is 2.50 bits per heavy atom. The molecule has 1 unspecified atom stereocenters. The van der Waals surface area contributed by atoms with E-state index in [1.165, 1.54) is 0 Å². The van der Waals surface area contributed by atoms with E-state index in [1.54, 1.807) is 24.3 Å². The highest BCUT2D eigenvalue weighted by molar-refractivity contribution is 5.94. The van der Waals surface area contributed by atoms with Crippen LogP contribution in [0.1, 0.15) is 25.0 Å². The molecule has 0 fully saturated rings. The van der Waals surface area contributed by atoms with Crippen molar-refractivity contribution in [1.29, 1.82) is 0 Å². The lowest BCUT2D eigenvalue weighted by Gasteiger charge is -2.09. The predicted octanol–water partition coefficient (Wildman–Crippen LogP) is 0.704. The molecule has 0 heterocycles. The average Bonchev–Trinajstić information content (AvgIpc) is 2.35. The first-order valence-corrected chi connectivity index (χ1v) is 5.53. The van der Waals surface area contributed by atoms with E-state index in [2.05, 4.69) is 0 Å². The molecule has 0 spiro atoms. The van der Waals surface area contributed by atoms with Crippen molar-refractivity contribution in [2.45, 2.75) is 19.4 Å². The first-order chi connectivity index (χ1) is 8.52. The zero-order chi connectivity index (χ0) is 13.5. The predicted molar refractivity (Wildman–Crippen MR) is 64.9 cm³/mol. The van der Waals surface area contributed by atoms with Gasteiger partial charge in [-0.15, -0.1) is 0 Å². The Labute approximate surface area is 105 Å². The van der Waals surface area contributed by atoms with E-state index in [9.17, 15) is 14.7 Å². The molecule has 4 N–H and O–H groups in total. The average molecular weight is 252 g/mol. The number of nitrogens with one attached hydrogen (secondary N) is 1. The number of benzene rings is 1. The summed E-state index contributed by atoms with van der Waals surface area (Å²) in [6.45, 7) is 1.59. The molecule has 3 amide bonds. The van der Waals surface area contributed by atoms with Crippen LogP contribution in [-0.2, 0) is 4.79 Å². The summed E-state index contributed by atoms with van der Waals surface area (Å²) < 4.78 is 5.14. The van der Waals surface area contributed by atoms with Gasteiger partial charge in [0.15, 0.2) is 6.61 Å². The highest BCUT2D eigenvalue weighted by atomic mass is 16.5. The summed E-state index contributed by atoms with van der Waals surface area (Å²) >= 11 is 0. The molecule has 0 aliphatic rings. The third-order valence-electron chi connectivity index (χ3n) is 2.28. The molecule has 0 radical (unpaired) electrons. The maximum absolute atomic E-state index is 11.1. The van der Waals surface area contributed by atoms with Crippen molar-refractivity contribution in [1.82, 2.24) is 5.32 Å². The summed E-state index contributed by atoms with van der Waals surface area (Å²) in [7, 11) is 0. The lowest BCUT2D eigenvalue weighted by atomic mass is 10.1. The zero-order valence-corrected chi connectivity index (χ0v) is 10.1. The van der Waals surface area contributed by atoms with E-state index in [-0.39, 0.29) is 6.61 Å². The quantitative estimate of drug-likeness (QED) is 0.718. The molecule has 0 bridgehead atoms. The van der Waals surface area contributed by atoms with Gasteiger partial charge in [0, 0.05) is 0 Å². The lowest BCUT2D eigenvalue weighted by Crippen LogP contribution is -2.38. The van der Waals surface area contributed by atoms with Gasteiger partial charge in [0.2, 0.25) is 0 Å². The Kier molecular flexibility index (Phi) is 5.13. The van der Waals surface area contributed by atoms with Crippen LogP contribution in [0.3, 0.4) is 0 Å². The summed E-state index contributed by atoms with van der Waals surface area (Å²) in [6.07, 6.45) is 0.124. The molecule has 1 rings (SSSR count). The normalized spacial score (nSPS) is 11.7. The molecule has 1 atom stereocenters. The van der Waals surface area contributed by atoms with Gasteiger partial charge in [-0.3, -0.25) is 10.1 Å². The minimum atomic E-state index is -0.912. The molecular weight excluding hydrogens is 236 g/mol. The number of nitrogens with two attached hydrogens (primary N) is 1. The molecular formula is C12H16N2O4. The van der Waals surface area contributed by atoms with Gasteiger partial charge in [-0.25, -0.2) is 4.79 Å². The Morgan fingerprint density at radius 2 is 2.00 bits per heavy atom. The van der Waals surface area contributed by atoms with Crippen LogP contribution in [-0.4, -0.2) is 23.7 Å². The molecule has 18 heavy (non-hydrogen) atoms. The number of primary amides is 1. The van der Waals surface area contributed by atoms with Crippen LogP contribution in [0.2, 0.25) is 0 Å². The van der Waals surface area contributed by atoms with Crippen molar-refractivity contribution in [3.05, 3.63) is 29.8 Å². The van der Waals surface area contributed by atoms with Crippen molar-refractivity contribution in [3.8, 4) is 5.75 Å². The lowest BCUT2D eigenvalue weighted by molar-refractivity contribution is -0.121. The fourth-order valence-corrected chi connectivity index (χ4v) is 1.34. The Morgan fingerprint density at radius 1 is 1.39 bits per heavy atom. The van der Waals surface area contributed by atoms with E-state index in [1.807, 2.05) is 12.2 Å². The number of carbonyl (C=O) groups is 2. The number of amides is 3. The molecule has 0 saturated carbocycles. The number of urea groups is 1. The van der Waals surface area contributed by atoms with Crippen LogP contribution in [0.4, 0.5) is 4.79 Å². The van der Waals surface area contributed by atoms with E-state index < -0.39 is 18.0 Å². The maximum atomic E-state index is 11.1. The SMILES string of the molecule is CCC(O)c1ccc(OCC(=O)NC(N)=O)cc1. The molecule has 0 saturated heterocycles. The van der Waals surface area contributed by atoms with Gasteiger partial charge in [-0.05, 0) is 24.1 Å². The first-order valence-electron chi connectivity index (χ1n) is 5.53. The van der Waals surface area contributed by atoms with Crippen molar-refractivity contribution in [2.24, 2.45) is 5.73 Å². The summed E-state index contributed by atoms with van der Waals surface area (Å²) in [5, 5.41) is 11.5. The maximum Gasteiger partial charge on any atom is 0.318 e. The van der Waals surface area contributed by atoms with Gasteiger partial charge in [-0.1, -0.05) is 19.1 Å². The van der Waals surface area contributed by atoms with Crippen LogP contribution in [0.15, 0.2) is 24.3 Å². The molecule has 1 aromatic rings. The summed E-state index contributed by atoms with van der Waals surface area (Å²) in [5.74, 6) is -0.137. The van der Waals surface area contributed by atoms with E-state index >= 15 is 0 Å². The largest absolute Gasteiger partial charge is 0.484 e. The highest BCUT2D eigenvalue weighted by Gasteiger charge is 2.07. The van der Waals surface area contributed by atoms with Crippen molar-refractivity contribution < 1.29 is 19.4 Å². The molecule has 0 aliphatic heterocycles. The second-order valence-corrected chi connectivity index (χ2v) is 3.69. The van der Waals surface area contributed by atoms with E-state index in [0.29, 0.717) is 12.2 Å². The van der Waals surface area contributed by atoms with Gasteiger partial charge in [0.25, 0.3) is 5.91 Å². The molecule has 0 aromatic heterocycles. The van der Waals surface area contributed by atoms with Crippen LogP contribution >= 0.6 is 0 Å². The standard InChI is InChI=1S/C12H16N2O4/c1-2-10(15)8-3-5-9(6-4-8)18-7-11(16)14-12(13)17/h3-6,10,15H,2,7H2,1H3,(H3,13,14,16,17).